The number of nitrogens with zero attached hydrogens (tertiary/aromatic N) is 5. The fourth-order valence-corrected chi connectivity index (χ4v) is 4.35. The number of rotatable bonds is 7. The molecule has 1 aliphatic rings. The first kappa shape index (κ1) is 23.0. The number of hydrogen-bond acceptors (Lipinski definition) is 8. The number of piperazine rings is 1. The molecule has 2 aromatic carbocycles. The molecule has 33 heavy (non-hydrogen) atoms. The van der Waals surface area contributed by atoms with E-state index in [2.05, 4.69) is 39.4 Å². The minimum atomic E-state index is -1.03. The summed E-state index contributed by atoms with van der Waals surface area (Å²) in [6.45, 7) is 7.63. The summed E-state index contributed by atoms with van der Waals surface area (Å²) in [5.41, 5.74) is 1.85. The predicted octanol–water partition coefficient (Wildman–Crippen LogP) is 2.16. The van der Waals surface area contributed by atoms with Gasteiger partial charge in [-0.05, 0) is 25.3 Å². The van der Waals surface area contributed by atoms with Crippen LogP contribution in [0.25, 0.3) is 0 Å². The molecule has 3 aromatic rings. The summed E-state index contributed by atoms with van der Waals surface area (Å²) < 4.78 is 4.24. The van der Waals surface area contributed by atoms with Crippen molar-refractivity contribution in [3.05, 3.63) is 78.0 Å². The molecule has 1 aromatic heterocycles. The summed E-state index contributed by atoms with van der Waals surface area (Å²) in [5.74, 6) is -0.333. The lowest BCUT2D eigenvalue weighted by atomic mass is 10.2. The SMILES string of the molecule is CC(C)(SC(=O)c1ccccc1)C([O-])=Nc1c[n+](N2CCN(Cc3ccccc3)CC2)no1. The summed E-state index contributed by atoms with van der Waals surface area (Å²) in [7, 11) is 0. The molecule has 0 unspecified atom stereocenters. The van der Waals surface area contributed by atoms with Crippen molar-refractivity contribution in [1.29, 1.82) is 0 Å². The van der Waals surface area contributed by atoms with E-state index < -0.39 is 10.6 Å². The summed E-state index contributed by atoms with van der Waals surface area (Å²) in [6, 6.07) is 19.3. The standard InChI is InChI=1S/C24H27N5O3S/c1-24(2,33-22(30)20-11-7-4-8-12-20)23(31)25-21-18-29(26-32-21)28-15-13-27(14-16-28)17-19-9-5-3-6-10-19/h3-12,18H,13-17H2,1-2H3. The number of carbonyl (C=O) groups is 1. The normalized spacial score (nSPS) is 15.6. The van der Waals surface area contributed by atoms with Crippen molar-refractivity contribution in [2.24, 2.45) is 4.99 Å². The van der Waals surface area contributed by atoms with Crippen molar-refractivity contribution in [1.82, 2.24) is 10.2 Å². The van der Waals surface area contributed by atoms with Crippen LogP contribution in [-0.4, -0.2) is 52.1 Å². The molecular weight excluding hydrogens is 438 g/mol. The lowest BCUT2D eigenvalue weighted by Crippen LogP contribution is -2.65. The van der Waals surface area contributed by atoms with E-state index in [9.17, 15) is 9.90 Å². The van der Waals surface area contributed by atoms with E-state index in [0.29, 0.717) is 5.56 Å². The highest BCUT2D eigenvalue weighted by Gasteiger charge is 2.28. The average molecular weight is 466 g/mol. The van der Waals surface area contributed by atoms with Gasteiger partial charge in [0.2, 0.25) is 10.4 Å². The zero-order valence-corrected chi connectivity index (χ0v) is 19.6. The fourth-order valence-electron chi connectivity index (χ4n) is 3.50. The van der Waals surface area contributed by atoms with E-state index in [1.54, 1.807) is 49.1 Å². The summed E-state index contributed by atoms with van der Waals surface area (Å²) in [5, 5.41) is 18.6. The van der Waals surface area contributed by atoms with Crippen LogP contribution in [0.5, 0.6) is 0 Å². The molecule has 0 spiro atoms. The van der Waals surface area contributed by atoms with Gasteiger partial charge in [-0.2, -0.15) is 5.01 Å². The number of aliphatic imine (C=N–C) groups is 1. The van der Waals surface area contributed by atoms with Crippen LogP contribution in [0, 0.1) is 0 Å². The van der Waals surface area contributed by atoms with Gasteiger partial charge in [-0.3, -0.25) is 14.2 Å². The highest BCUT2D eigenvalue weighted by Crippen LogP contribution is 2.29. The van der Waals surface area contributed by atoms with E-state index in [-0.39, 0.29) is 11.0 Å². The smallest absolute Gasteiger partial charge is 0.324 e. The Balaban J connectivity index is 1.34. The highest BCUT2D eigenvalue weighted by molar-refractivity contribution is 8.15. The van der Waals surface area contributed by atoms with E-state index in [0.717, 1.165) is 44.5 Å². The molecule has 1 saturated heterocycles. The van der Waals surface area contributed by atoms with Crippen LogP contribution >= 0.6 is 11.8 Å². The Kier molecular flexibility index (Phi) is 7.10. The Bertz CT molecular complexity index is 1090. The summed E-state index contributed by atoms with van der Waals surface area (Å²) in [4.78, 5) is 20.5. The van der Waals surface area contributed by atoms with Crippen LogP contribution in [-0.2, 0) is 6.54 Å². The van der Waals surface area contributed by atoms with Crippen LogP contribution in [0.2, 0.25) is 0 Å². The van der Waals surface area contributed by atoms with Gasteiger partial charge in [0.25, 0.3) is 6.20 Å². The maximum Gasteiger partial charge on any atom is 0.324 e. The van der Waals surface area contributed by atoms with Crippen molar-refractivity contribution in [3.63, 3.8) is 0 Å². The Labute approximate surface area is 197 Å². The van der Waals surface area contributed by atoms with Gasteiger partial charge in [0.1, 0.15) is 0 Å². The third-order valence-corrected chi connectivity index (χ3v) is 6.52. The van der Waals surface area contributed by atoms with Crippen molar-refractivity contribution < 1.29 is 19.2 Å². The van der Waals surface area contributed by atoms with Gasteiger partial charge in [0, 0.05) is 29.9 Å². The van der Waals surface area contributed by atoms with Gasteiger partial charge in [0.15, 0.2) is 0 Å². The number of hydrogen-bond donors (Lipinski definition) is 0. The molecule has 0 aliphatic carbocycles. The number of aromatic nitrogens is 2. The molecule has 0 radical (unpaired) electrons. The molecule has 172 valence electrons. The quantitative estimate of drug-likeness (QED) is 0.300. The second-order valence-electron chi connectivity index (χ2n) is 8.36. The molecule has 9 heteroatoms. The van der Waals surface area contributed by atoms with Crippen LogP contribution < -0.4 is 14.9 Å². The van der Waals surface area contributed by atoms with Crippen molar-refractivity contribution in [2.75, 3.05) is 31.2 Å². The molecule has 1 aliphatic heterocycles. The fraction of sp³-hybridized carbons (Fsp3) is 0.333. The molecule has 4 rings (SSSR count). The molecule has 0 N–H and O–H groups in total. The van der Waals surface area contributed by atoms with Gasteiger partial charge < -0.3 is 5.11 Å². The number of benzene rings is 2. The first-order valence-electron chi connectivity index (χ1n) is 10.9. The minimum absolute atomic E-state index is 0.118. The van der Waals surface area contributed by atoms with Crippen molar-refractivity contribution in [3.8, 4) is 0 Å². The van der Waals surface area contributed by atoms with Crippen molar-refractivity contribution >= 4 is 28.7 Å². The third-order valence-electron chi connectivity index (χ3n) is 5.42. The van der Waals surface area contributed by atoms with Crippen LogP contribution in [0.4, 0.5) is 5.88 Å². The Morgan fingerprint density at radius 3 is 2.39 bits per heavy atom. The molecule has 0 atom stereocenters. The first-order chi connectivity index (χ1) is 15.9. The minimum Gasteiger partial charge on any atom is -0.861 e. The molecule has 0 amide bonds. The Morgan fingerprint density at radius 1 is 1.09 bits per heavy atom. The lowest BCUT2D eigenvalue weighted by molar-refractivity contribution is -0.759. The lowest BCUT2D eigenvalue weighted by Gasteiger charge is -2.30. The molecule has 2 heterocycles. The van der Waals surface area contributed by atoms with E-state index >= 15 is 0 Å². The van der Waals surface area contributed by atoms with E-state index in [1.165, 1.54) is 5.56 Å². The van der Waals surface area contributed by atoms with Crippen molar-refractivity contribution in [2.45, 2.75) is 25.1 Å². The van der Waals surface area contributed by atoms with Crippen LogP contribution in [0.3, 0.4) is 0 Å². The Hall–Kier alpha value is -3.17. The molecule has 1 fully saturated rings. The van der Waals surface area contributed by atoms with Gasteiger partial charge in [0.05, 0.1) is 17.9 Å². The van der Waals surface area contributed by atoms with E-state index in [1.807, 2.05) is 17.1 Å². The van der Waals surface area contributed by atoms with Gasteiger partial charge in [-0.1, -0.05) is 72.4 Å². The van der Waals surface area contributed by atoms with Crippen LogP contribution in [0.1, 0.15) is 29.8 Å². The third kappa shape index (κ3) is 6.00. The van der Waals surface area contributed by atoms with Gasteiger partial charge >= 0.3 is 5.88 Å². The largest absolute Gasteiger partial charge is 0.861 e. The Morgan fingerprint density at radius 2 is 1.73 bits per heavy atom. The second kappa shape index (κ2) is 10.2. The maximum absolute atomic E-state index is 12.7. The second-order valence-corrected chi connectivity index (χ2v) is 9.95. The number of thioether (sulfide) groups is 1. The topological polar surface area (TPSA) is 88.9 Å². The first-order valence-corrected chi connectivity index (χ1v) is 11.7. The maximum atomic E-state index is 12.7. The average Bonchev–Trinajstić information content (AvgIpc) is 3.29. The monoisotopic (exact) mass is 465 g/mol. The predicted molar refractivity (Wildman–Crippen MR) is 126 cm³/mol. The zero-order valence-electron chi connectivity index (χ0n) is 18.8. The van der Waals surface area contributed by atoms with Crippen LogP contribution in [0.15, 0.2) is 76.4 Å². The molecule has 0 saturated carbocycles. The summed E-state index contributed by atoms with van der Waals surface area (Å²) >= 11 is 0.951. The van der Waals surface area contributed by atoms with E-state index in [4.69, 9.17) is 4.52 Å². The molecule has 0 bridgehead atoms. The molecule has 8 nitrogen and oxygen atoms in total. The summed E-state index contributed by atoms with van der Waals surface area (Å²) in [6.07, 6.45) is 1.60. The van der Waals surface area contributed by atoms with Gasteiger partial charge in [-0.15, -0.1) is 0 Å². The van der Waals surface area contributed by atoms with Gasteiger partial charge in [-0.25, -0.2) is 4.99 Å². The number of carbonyl (C=O) groups excluding carboxylic acids is 1. The highest BCUT2D eigenvalue weighted by atomic mass is 32.2. The zero-order chi connectivity index (χ0) is 23.3. The molecular formula is C24H27N5O3S.